The van der Waals surface area contributed by atoms with Crippen molar-refractivity contribution in [1.82, 2.24) is 19.7 Å². The van der Waals surface area contributed by atoms with Gasteiger partial charge in [-0.25, -0.2) is 14.5 Å². The first-order chi connectivity index (χ1) is 15.0. The van der Waals surface area contributed by atoms with Crippen LogP contribution in [0.15, 0.2) is 36.7 Å². The van der Waals surface area contributed by atoms with E-state index >= 15 is 0 Å². The zero-order valence-corrected chi connectivity index (χ0v) is 17.2. The molecule has 0 saturated carbocycles. The third-order valence-electron chi connectivity index (χ3n) is 6.14. The van der Waals surface area contributed by atoms with Crippen molar-refractivity contribution in [3.63, 3.8) is 0 Å². The minimum atomic E-state index is -0.643. The number of aliphatic hydroxyl groups is 1. The van der Waals surface area contributed by atoms with Crippen molar-refractivity contribution in [3.05, 3.63) is 75.7 Å². The summed E-state index contributed by atoms with van der Waals surface area (Å²) in [4.78, 5) is 18.4. The van der Waals surface area contributed by atoms with Gasteiger partial charge in [-0.15, -0.1) is 6.42 Å². The molecular weight excluding hydrogens is 392 g/mol. The predicted molar refractivity (Wildman–Crippen MR) is 114 cm³/mol. The van der Waals surface area contributed by atoms with Crippen molar-refractivity contribution >= 4 is 5.97 Å². The summed E-state index contributed by atoms with van der Waals surface area (Å²) in [6.07, 6.45) is 9.12. The number of aliphatic hydroxyl groups excluding tert-OH is 1. The number of hydrogen-bond acceptors (Lipinski definition) is 6. The van der Waals surface area contributed by atoms with Gasteiger partial charge in [0, 0.05) is 48.9 Å². The van der Waals surface area contributed by atoms with Gasteiger partial charge < -0.3 is 9.84 Å². The van der Waals surface area contributed by atoms with Crippen molar-refractivity contribution in [3.8, 4) is 18.2 Å². The molecule has 0 spiro atoms. The first-order valence-corrected chi connectivity index (χ1v) is 10.2. The monoisotopic (exact) mass is 414 g/mol. The second-order valence-corrected chi connectivity index (χ2v) is 7.96. The maximum absolute atomic E-state index is 11.8. The molecule has 7 heteroatoms. The molecule has 0 saturated heterocycles. The first kappa shape index (κ1) is 19.5. The van der Waals surface area contributed by atoms with E-state index in [2.05, 4.69) is 20.9 Å². The molecule has 2 aromatic heterocycles. The van der Waals surface area contributed by atoms with Crippen molar-refractivity contribution in [2.24, 2.45) is 0 Å². The number of rotatable bonds is 4. The van der Waals surface area contributed by atoms with Crippen LogP contribution in [-0.4, -0.2) is 43.8 Å². The minimum Gasteiger partial charge on any atom is -0.457 e. The van der Waals surface area contributed by atoms with Crippen LogP contribution in [0.25, 0.3) is 5.82 Å². The Hall–Kier alpha value is -3.47. The lowest BCUT2D eigenvalue weighted by Gasteiger charge is -2.29. The third kappa shape index (κ3) is 3.40. The molecule has 0 aliphatic carbocycles. The molecular formula is C24H22N4O3. The van der Waals surface area contributed by atoms with Crippen molar-refractivity contribution in [2.75, 3.05) is 13.1 Å². The highest BCUT2D eigenvalue weighted by atomic mass is 16.5. The Morgan fingerprint density at radius 3 is 2.94 bits per heavy atom. The van der Waals surface area contributed by atoms with Gasteiger partial charge in [-0.2, -0.15) is 5.10 Å². The number of esters is 1. The van der Waals surface area contributed by atoms with Crippen LogP contribution in [0.2, 0.25) is 0 Å². The molecule has 2 aliphatic heterocycles. The lowest BCUT2D eigenvalue weighted by atomic mass is 9.95. The number of β-amino-alcohol motifs (C(OH)–C–C–N with tert-alkyl or cyclic N) is 1. The van der Waals surface area contributed by atoms with Crippen LogP contribution in [0.4, 0.5) is 0 Å². The summed E-state index contributed by atoms with van der Waals surface area (Å²) >= 11 is 0. The number of benzene rings is 1. The number of hydrogen-bond donors (Lipinski definition) is 1. The van der Waals surface area contributed by atoms with E-state index in [1.165, 1.54) is 0 Å². The van der Waals surface area contributed by atoms with E-state index in [4.69, 9.17) is 11.2 Å². The molecule has 31 heavy (non-hydrogen) atoms. The minimum absolute atomic E-state index is 0.281. The highest BCUT2D eigenvalue weighted by Gasteiger charge is 2.28. The van der Waals surface area contributed by atoms with Crippen LogP contribution >= 0.6 is 0 Å². The van der Waals surface area contributed by atoms with Crippen LogP contribution < -0.4 is 0 Å². The highest BCUT2D eigenvalue weighted by molar-refractivity contribution is 5.93. The average molecular weight is 414 g/mol. The Bertz CT molecular complexity index is 1210. The summed E-state index contributed by atoms with van der Waals surface area (Å²) in [5.41, 5.74) is 6.27. The fourth-order valence-corrected chi connectivity index (χ4v) is 4.41. The van der Waals surface area contributed by atoms with Gasteiger partial charge in [0.25, 0.3) is 0 Å². The summed E-state index contributed by atoms with van der Waals surface area (Å²) in [5, 5.41) is 15.4. The number of carbonyl (C=O) groups is 1. The number of fused-ring (bicyclic) bond motifs is 2. The van der Waals surface area contributed by atoms with E-state index in [9.17, 15) is 9.90 Å². The molecule has 4 heterocycles. The zero-order chi connectivity index (χ0) is 21.5. The van der Waals surface area contributed by atoms with Gasteiger partial charge in [-0.05, 0) is 36.2 Å². The van der Waals surface area contributed by atoms with Crippen LogP contribution in [0, 0.1) is 19.3 Å². The van der Waals surface area contributed by atoms with E-state index in [1.54, 1.807) is 12.3 Å². The normalized spacial score (nSPS) is 16.4. The number of cyclic esters (lactones) is 1. The van der Waals surface area contributed by atoms with Gasteiger partial charge in [0.2, 0.25) is 0 Å². The van der Waals surface area contributed by atoms with Gasteiger partial charge in [-0.1, -0.05) is 12.0 Å². The topological polar surface area (TPSA) is 80.5 Å². The largest absolute Gasteiger partial charge is 0.457 e. The molecule has 156 valence electrons. The molecule has 2 aliphatic rings. The molecule has 1 N–H and O–H groups in total. The van der Waals surface area contributed by atoms with Crippen LogP contribution in [0.5, 0.6) is 0 Å². The number of carbonyl (C=O) groups excluding carboxylic acids is 1. The molecule has 7 nitrogen and oxygen atoms in total. The van der Waals surface area contributed by atoms with Gasteiger partial charge >= 0.3 is 5.97 Å². The molecule has 1 atom stereocenters. The number of terminal acetylenes is 1. The quantitative estimate of drug-likeness (QED) is 0.521. The molecule has 0 fully saturated rings. The first-order valence-electron chi connectivity index (χ1n) is 10.2. The Morgan fingerprint density at radius 1 is 1.29 bits per heavy atom. The number of aromatic nitrogens is 3. The Kier molecular flexibility index (Phi) is 4.81. The predicted octanol–water partition coefficient (Wildman–Crippen LogP) is 2.32. The third-order valence-corrected chi connectivity index (χ3v) is 6.14. The maximum Gasteiger partial charge on any atom is 0.338 e. The van der Waals surface area contributed by atoms with Crippen LogP contribution in [0.1, 0.15) is 50.0 Å². The molecule has 0 unspecified atom stereocenters. The molecule has 0 amide bonds. The van der Waals surface area contributed by atoms with Crippen LogP contribution in [0.3, 0.4) is 0 Å². The second-order valence-electron chi connectivity index (χ2n) is 7.96. The lowest BCUT2D eigenvalue weighted by Crippen LogP contribution is -2.34. The average Bonchev–Trinajstić information content (AvgIpc) is 3.38. The summed E-state index contributed by atoms with van der Waals surface area (Å²) in [5.74, 6) is 3.03. The number of pyridine rings is 1. The second kappa shape index (κ2) is 7.65. The van der Waals surface area contributed by atoms with E-state index < -0.39 is 6.10 Å². The number of ether oxygens (including phenoxy) is 1. The lowest BCUT2D eigenvalue weighted by molar-refractivity contribution is 0.0535. The summed E-state index contributed by atoms with van der Waals surface area (Å²) < 4.78 is 6.99. The summed E-state index contributed by atoms with van der Waals surface area (Å²) in [6.45, 7) is 4.25. The smallest absolute Gasteiger partial charge is 0.338 e. The van der Waals surface area contributed by atoms with E-state index in [-0.39, 0.29) is 12.6 Å². The van der Waals surface area contributed by atoms with Gasteiger partial charge in [0.15, 0.2) is 5.82 Å². The van der Waals surface area contributed by atoms with Crippen molar-refractivity contribution < 1.29 is 14.6 Å². The Balaban J connectivity index is 1.31. The van der Waals surface area contributed by atoms with E-state index in [0.29, 0.717) is 18.7 Å². The summed E-state index contributed by atoms with van der Waals surface area (Å²) in [7, 11) is 0. The molecule has 0 bridgehead atoms. The highest BCUT2D eigenvalue weighted by Crippen LogP contribution is 2.30. The Morgan fingerprint density at radius 2 is 2.16 bits per heavy atom. The van der Waals surface area contributed by atoms with E-state index in [1.807, 2.05) is 36.0 Å². The maximum atomic E-state index is 11.8. The summed E-state index contributed by atoms with van der Waals surface area (Å²) in [6, 6.07) is 7.33. The fourth-order valence-electron chi connectivity index (χ4n) is 4.41. The molecule has 5 rings (SSSR count). The number of nitrogens with zero attached hydrogens (tertiary/aromatic N) is 4. The Labute approximate surface area is 180 Å². The van der Waals surface area contributed by atoms with Crippen LogP contribution in [-0.2, 0) is 24.3 Å². The van der Waals surface area contributed by atoms with Gasteiger partial charge in [0.05, 0.1) is 23.6 Å². The standard InChI is InChI=1S/C24H22N4O3/c1-3-16-4-7-23(25-10-16)28-21-8-9-27(12-17(21)11-26-28)13-22(29)18-5-6-19-20(15(18)2)14-31-24(19)30/h1,4-7,10-11,22,29H,8-9,12-14H2,2H3/t22-/m0/s1. The molecule has 3 aromatic rings. The fraction of sp³-hybridized carbons (Fsp3) is 0.292. The molecule has 1 aromatic carbocycles. The van der Waals surface area contributed by atoms with Gasteiger partial charge in [0.1, 0.15) is 6.61 Å². The van der Waals surface area contributed by atoms with Crippen molar-refractivity contribution in [2.45, 2.75) is 32.6 Å². The molecule has 0 radical (unpaired) electrons. The van der Waals surface area contributed by atoms with Gasteiger partial charge in [-0.3, -0.25) is 4.90 Å². The zero-order valence-electron chi connectivity index (χ0n) is 17.2. The van der Waals surface area contributed by atoms with E-state index in [0.717, 1.165) is 52.3 Å². The SMILES string of the molecule is C#Cc1ccc(-n2ncc3c2CCN(C[C@H](O)c2ccc4c(c2C)COC4=O)C3)nc1. The van der Waals surface area contributed by atoms with Crippen molar-refractivity contribution in [1.29, 1.82) is 0 Å².